The maximum atomic E-state index is 12.7. The van der Waals surface area contributed by atoms with Gasteiger partial charge in [-0.3, -0.25) is 9.59 Å². The lowest BCUT2D eigenvalue weighted by atomic mass is 9.96. The van der Waals surface area contributed by atoms with Gasteiger partial charge in [0.15, 0.2) is 0 Å². The second-order valence-electron chi connectivity index (χ2n) is 6.70. The molecule has 2 amide bonds. The van der Waals surface area contributed by atoms with Crippen LogP contribution in [0.15, 0.2) is 18.2 Å². The van der Waals surface area contributed by atoms with Crippen LogP contribution in [0, 0.1) is 0 Å². The topological polar surface area (TPSA) is 40.6 Å². The van der Waals surface area contributed by atoms with Crippen molar-refractivity contribution in [3.8, 4) is 0 Å². The highest BCUT2D eigenvalue weighted by atomic mass is 16.2. The number of benzene rings is 1. The zero-order valence-electron chi connectivity index (χ0n) is 13.6. The van der Waals surface area contributed by atoms with Gasteiger partial charge in [0.05, 0.1) is 12.8 Å². The second kappa shape index (κ2) is 5.75. The molecule has 1 aromatic carbocycles. The van der Waals surface area contributed by atoms with Crippen molar-refractivity contribution in [1.29, 1.82) is 0 Å². The van der Waals surface area contributed by atoms with Crippen molar-refractivity contribution in [1.82, 2.24) is 4.90 Å². The molecule has 4 nitrogen and oxygen atoms in total. The molecular formula is C18H24N2O2. The summed E-state index contributed by atoms with van der Waals surface area (Å²) in [4.78, 5) is 28.2. The van der Waals surface area contributed by atoms with Gasteiger partial charge in [0, 0.05) is 24.8 Å². The fourth-order valence-electron chi connectivity index (χ4n) is 3.81. The molecule has 0 aliphatic carbocycles. The van der Waals surface area contributed by atoms with Gasteiger partial charge < -0.3 is 9.80 Å². The number of anilines is 1. The van der Waals surface area contributed by atoms with E-state index in [2.05, 4.69) is 13.8 Å². The monoisotopic (exact) mass is 300 g/mol. The molecule has 22 heavy (non-hydrogen) atoms. The molecule has 2 heterocycles. The van der Waals surface area contributed by atoms with Crippen LogP contribution in [0.25, 0.3) is 0 Å². The van der Waals surface area contributed by atoms with Crippen molar-refractivity contribution in [3.05, 3.63) is 29.3 Å². The first-order valence-electron chi connectivity index (χ1n) is 8.17. The molecule has 0 N–H and O–H groups in total. The molecule has 2 atom stereocenters. The molecule has 118 valence electrons. The highest BCUT2D eigenvalue weighted by Gasteiger charge is 2.29. The van der Waals surface area contributed by atoms with Crippen LogP contribution in [0.2, 0.25) is 0 Å². The molecule has 3 rings (SSSR count). The molecule has 0 radical (unpaired) electrons. The van der Waals surface area contributed by atoms with Crippen LogP contribution in [-0.2, 0) is 22.4 Å². The number of hydrogen-bond acceptors (Lipinski definition) is 2. The number of likely N-dealkylation sites (tertiary alicyclic amines) is 1. The fraction of sp³-hybridized carbons (Fsp3) is 0.556. The van der Waals surface area contributed by atoms with Gasteiger partial charge in [0.2, 0.25) is 11.8 Å². The summed E-state index contributed by atoms with van der Waals surface area (Å²) in [6, 6.07) is 6.63. The molecule has 2 aliphatic rings. The molecule has 0 bridgehead atoms. The maximum Gasteiger partial charge on any atom is 0.231 e. The molecule has 1 aromatic rings. The van der Waals surface area contributed by atoms with E-state index in [0.29, 0.717) is 24.9 Å². The predicted octanol–water partition coefficient (Wildman–Crippen LogP) is 2.54. The van der Waals surface area contributed by atoms with Crippen molar-refractivity contribution >= 4 is 17.5 Å². The van der Waals surface area contributed by atoms with E-state index in [0.717, 1.165) is 29.7 Å². The first kappa shape index (κ1) is 15.1. The molecule has 1 fully saturated rings. The number of carbonyl (C=O) groups is 2. The Kier molecular flexibility index (Phi) is 3.94. The third-order valence-corrected chi connectivity index (χ3v) is 5.06. The van der Waals surface area contributed by atoms with Crippen molar-refractivity contribution in [2.24, 2.45) is 0 Å². The van der Waals surface area contributed by atoms with E-state index in [4.69, 9.17) is 0 Å². The summed E-state index contributed by atoms with van der Waals surface area (Å²) in [6.45, 7) is 4.29. The zero-order valence-corrected chi connectivity index (χ0v) is 13.6. The molecule has 2 aliphatic heterocycles. The fourth-order valence-corrected chi connectivity index (χ4v) is 3.81. The Morgan fingerprint density at radius 3 is 2.59 bits per heavy atom. The standard InChI is InChI=1S/C18H24N2O2/c1-12-5-4-6-13(2)20(12)18(22)10-14-7-8-16-15(9-14)11-17(21)19(16)3/h7-9,12-13H,4-6,10-11H2,1-3H3. The van der Waals surface area contributed by atoms with E-state index in [-0.39, 0.29) is 11.8 Å². The van der Waals surface area contributed by atoms with E-state index < -0.39 is 0 Å². The van der Waals surface area contributed by atoms with Crippen LogP contribution < -0.4 is 4.90 Å². The van der Waals surface area contributed by atoms with Gasteiger partial charge in [0.25, 0.3) is 0 Å². The Bertz CT molecular complexity index is 601. The lowest BCUT2D eigenvalue weighted by molar-refractivity contribution is -0.136. The number of carbonyl (C=O) groups excluding carboxylic acids is 2. The minimum Gasteiger partial charge on any atom is -0.337 e. The van der Waals surface area contributed by atoms with E-state index in [1.807, 2.05) is 23.1 Å². The van der Waals surface area contributed by atoms with Crippen molar-refractivity contribution in [2.75, 3.05) is 11.9 Å². The quantitative estimate of drug-likeness (QED) is 0.842. The number of rotatable bonds is 2. The first-order valence-corrected chi connectivity index (χ1v) is 8.17. The number of likely N-dealkylation sites (N-methyl/N-ethyl adjacent to an activating group) is 1. The Hall–Kier alpha value is -1.84. The summed E-state index contributed by atoms with van der Waals surface area (Å²) in [5.41, 5.74) is 3.02. The SMILES string of the molecule is CC1CCCC(C)N1C(=O)Cc1ccc2c(c1)CC(=O)N2C. The molecule has 0 spiro atoms. The summed E-state index contributed by atoms with van der Waals surface area (Å²) in [5.74, 6) is 0.328. The highest BCUT2D eigenvalue weighted by molar-refractivity contribution is 6.01. The molecule has 0 aromatic heterocycles. The van der Waals surface area contributed by atoms with Gasteiger partial charge in [-0.05, 0) is 50.3 Å². The van der Waals surface area contributed by atoms with Crippen LogP contribution in [0.5, 0.6) is 0 Å². The third kappa shape index (κ3) is 2.62. The zero-order chi connectivity index (χ0) is 15.9. The first-order chi connectivity index (χ1) is 10.5. The lowest BCUT2D eigenvalue weighted by Crippen LogP contribution is -2.48. The Morgan fingerprint density at radius 2 is 1.91 bits per heavy atom. The number of fused-ring (bicyclic) bond motifs is 1. The normalized spacial score (nSPS) is 24.6. The summed E-state index contributed by atoms with van der Waals surface area (Å²) in [7, 11) is 1.80. The second-order valence-corrected chi connectivity index (χ2v) is 6.70. The van der Waals surface area contributed by atoms with Crippen molar-refractivity contribution in [2.45, 2.75) is 58.0 Å². The average Bonchev–Trinajstić information content (AvgIpc) is 2.73. The van der Waals surface area contributed by atoms with Gasteiger partial charge in [-0.25, -0.2) is 0 Å². The molecule has 1 saturated heterocycles. The van der Waals surface area contributed by atoms with Gasteiger partial charge in [0.1, 0.15) is 0 Å². The third-order valence-electron chi connectivity index (χ3n) is 5.06. The maximum absolute atomic E-state index is 12.7. The van der Waals surface area contributed by atoms with Gasteiger partial charge in [-0.2, -0.15) is 0 Å². The summed E-state index contributed by atoms with van der Waals surface area (Å²) in [6.07, 6.45) is 4.28. The summed E-state index contributed by atoms with van der Waals surface area (Å²) < 4.78 is 0. The van der Waals surface area contributed by atoms with Crippen LogP contribution in [0.1, 0.15) is 44.2 Å². The van der Waals surface area contributed by atoms with E-state index >= 15 is 0 Å². The molecular weight excluding hydrogens is 276 g/mol. The number of piperidine rings is 1. The largest absolute Gasteiger partial charge is 0.337 e. The number of amides is 2. The summed E-state index contributed by atoms with van der Waals surface area (Å²) in [5, 5.41) is 0. The van der Waals surface area contributed by atoms with Crippen molar-refractivity contribution in [3.63, 3.8) is 0 Å². The van der Waals surface area contributed by atoms with Crippen molar-refractivity contribution < 1.29 is 9.59 Å². The van der Waals surface area contributed by atoms with Gasteiger partial charge >= 0.3 is 0 Å². The smallest absolute Gasteiger partial charge is 0.231 e. The molecule has 4 heteroatoms. The predicted molar refractivity (Wildman–Crippen MR) is 86.9 cm³/mol. The lowest BCUT2D eigenvalue weighted by Gasteiger charge is -2.39. The number of hydrogen-bond donors (Lipinski definition) is 0. The highest BCUT2D eigenvalue weighted by Crippen LogP contribution is 2.29. The Labute approximate surface area is 132 Å². The van der Waals surface area contributed by atoms with Crippen LogP contribution in [-0.4, -0.2) is 35.8 Å². The molecule has 0 saturated carbocycles. The van der Waals surface area contributed by atoms with Crippen LogP contribution >= 0.6 is 0 Å². The van der Waals surface area contributed by atoms with E-state index in [1.165, 1.54) is 6.42 Å². The Morgan fingerprint density at radius 1 is 1.23 bits per heavy atom. The number of nitrogens with zero attached hydrogens (tertiary/aromatic N) is 2. The Balaban J connectivity index is 1.75. The van der Waals surface area contributed by atoms with Gasteiger partial charge in [-0.1, -0.05) is 12.1 Å². The minimum atomic E-state index is 0.122. The van der Waals surface area contributed by atoms with Crippen LogP contribution in [0.3, 0.4) is 0 Å². The molecule has 2 unspecified atom stereocenters. The average molecular weight is 300 g/mol. The van der Waals surface area contributed by atoms with Gasteiger partial charge in [-0.15, -0.1) is 0 Å². The minimum absolute atomic E-state index is 0.122. The van der Waals surface area contributed by atoms with E-state index in [9.17, 15) is 9.59 Å². The van der Waals surface area contributed by atoms with Crippen LogP contribution in [0.4, 0.5) is 5.69 Å². The van der Waals surface area contributed by atoms with E-state index in [1.54, 1.807) is 11.9 Å². The summed E-state index contributed by atoms with van der Waals surface area (Å²) >= 11 is 0.